The Kier molecular flexibility index (Phi) is 1.77. The predicted octanol–water partition coefficient (Wildman–Crippen LogP) is 2.98. The number of furan rings is 1. The van der Waals surface area contributed by atoms with Gasteiger partial charge in [-0.2, -0.15) is 0 Å². The molecule has 3 aromatic rings. The average Bonchev–Trinajstić information content (AvgIpc) is 2.86. The highest BCUT2D eigenvalue weighted by Crippen LogP contribution is 2.27. The van der Waals surface area contributed by atoms with E-state index in [2.05, 4.69) is 5.16 Å². The van der Waals surface area contributed by atoms with Gasteiger partial charge in [-0.15, -0.1) is 0 Å². The van der Waals surface area contributed by atoms with Crippen molar-refractivity contribution in [3.8, 4) is 11.3 Å². The van der Waals surface area contributed by atoms with E-state index in [1.165, 1.54) is 0 Å². The average molecular weight is 214 g/mol. The van der Waals surface area contributed by atoms with E-state index in [0.29, 0.717) is 11.6 Å². The van der Waals surface area contributed by atoms with Crippen LogP contribution in [0, 0.1) is 6.92 Å². The zero-order valence-electron chi connectivity index (χ0n) is 8.73. The minimum Gasteiger partial charge on any atom is -0.464 e. The molecular formula is C12H10N2O2. The van der Waals surface area contributed by atoms with Crippen LogP contribution in [0.25, 0.3) is 22.3 Å². The maximum Gasteiger partial charge on any atom is 0.169 e. The Morgan fingerprint density at radius 3 is 2.88 bits per heavy atom. The van der Waals surface area contributed by atoms with Crippen molar-refractivity contribution in [3.05, 3.63) is 36.1 Å². The van der Waals surface area contributed by atoms with Crippen molar-refractivity contribution >= 4 is 16.8 Å². The Balaban J connectivity index is 2.18. The van der Waals surface area contributed by atoms with Gasteiger partial charge in [0, 0.05) is 17.0 Å². The number of nitrogens with zero attached hydrogens (tertiary/aromatic N) is 1. The van der Waals surface area contributed by atoms with Crippen LogP contribution in [0.3, 0.4) is 0 Å². The second kappa shape index (κ2) is 3.13. The number of hydrogen-bond donors (Lipinski definition) is 1. The summed E-state index contributed by atoms with van der Waals surface area (Å²) in [6.07, 6.45) is 1.74. The van der Waals surface area contributed by atoms with Gasteiger partial charge in [0.1, 0.15) is 5.58 Å². The summed E-state index contributed by atoms with van der Waals surface area (Å²) in [5, 5.41) is 4.76. The fourth-order valence-corrected chi connectivity index (χ4v) is 1.74. The number of anilines is 1. The lowest BCUT2D eigenvalue weighted by Gasteiger charge is -1.95. The van der Waals surface area contributed by atoms with E-state index < -0.39 is 0 Å². The number of benzene rings is 1. The van der Waals surface area contributed by atoms with Crippen molar-refractivity contribution in [2.75, 3.05) is 5.73 Å². The first-order valence-electron chi connectivity index (χ1n) is 4.94. The summed E-state index contributed by atoms with van der Waals surface area (Å²) in [7, 11) is 0. The van der Waals surface area contributed by atoms with Gasteiger partial charge in [0.25, 0.3) is 0 Å². The molecule has 0 bridgehead atoms. The fourth-order valence-electron chi connectivity index (χ4n) is 1.74. The zero-order valence-corrected chi connectivity index (χ0v) is 8.73. The number of rotatable bonds is 1. The molecule has 0 amide bonds. The first kappa shape index (κ1) is 9.03. The molecule has 16 heavy (non-hydrogen) atoms. The van der Waals surface area contributed by atoms with Gasteiger partial charge >= 0.3 is 0 Å². The van der Waals surface area contributed by atoms with E-state index in [-0.39, 0.29) is 0 Å². The van der Waals surface area contributed by atoms with Gasteiger partial charge in [0.2, 0.25) is 0 Å². The second-order valence-corrected chi connectivity index (χ2v) is 3.75. The molecule has 0 fully saturated rings. The van der Waals surface area contributed by atoms with Crippen LogP contribution in [-0.2, 0) is 0 Å². The third-order valence-electron chi connectivity index (χ3n) is 2.58. The quantitative estimate of drug-likeness (QED) is 0.676. The number of aromatic nitrogens is 1. The molecule has 0 unspecified atom stereocenters. The minimum absolute atomic E-state index is 0.380. The zero-order chi connectivity index (χ0) is 11.1. The molecule has 0 aliphatic heterocycles. The van der Waals surface area contributed by atoms with Crippen LogP contribution in [0.4, 0.5) is 5.82 Å². The second-order valence-electron chi connectivity index (χ2n) is 3.75. The highest BCUT2D eigenvalue weighted by molar-refractivity contribution is 5.85. The summed E-state index contributed by atoms with van der Waals surface area (Å²) >= 11 is 0. The smallest absolute Gasteiger partial charge is 0.169 e. The van der Waals surface area contributed by atoms with Gasteiger partial charge in [-0.25, -0.2) is 0 Å². The Morgan fingerprint density at radius 1 is 1.25 bits per heavy atom. The predicted molar refractivity (Wildman–Crippen MR) is 60.9 cm³/mol. The van der Waals surface area contributed by atoms with Gasteiger partial charge < -0.3 is 14.7 Å². The highest BCUT2D eigenvalue weighted by atomic mass is 16.5. The molecule has 0 aliphatic rings. The molecule has 1 aromatic carbocycles. The van der Waals surface area contributed by atoms with E-state index in [9.17, 15) is 0 Å². The lowest BCUT2D eigenvalue weighted by atomic mass is 10.1. The highest BCUT2D eigenvalue weighted by Gasteiger charge is 2.08. The summed E-state index contributed by atoms with van der Waals surface area (Å²) in [6.45, 7) is 2.01. The maximum absolute atomic E-state index is 5.50. The monoisotopic (exact) mass is 214 g/mol. The Morgan fingerprint density at radius 2 is 2.12 bits per heavy atom. The standard InChI is InChI=1S/C12H10N2O2/c1-7-6-15-11-4-8(2-3-9(7)11)10-5-12(13)14-16-10/h2-6H,1H3,(H2,13,14). The van der Waals surface area contributed by atoms with Crippen molar-refractivity contribution in [2.24, 2.45) is 0 Å². The van der Waals surface area contributed by atoms with Gasteiger partial charge in [0.05, 0.1) is 6.26 Å². The third-order valence-corrected chi connectivity index (χ3v) is 2.58. The van der Waals surface area contributed by atoms with Crippen molar-refractivity contribution in [1.29, 1.82) is 0 Å². The van der Waals surface area contributed by atoms with Crippen LogP contribution in [0.15, 0.2) is 39.5 Å². The molecule has 0 atom stereocenters. The summed E-state index contributed by atoms with van der Waals surface area (Å²) < 4.78 is 10.5. The number of aryl methyl sites for hydroxylation is 1. The van der Waals surface area contributed by atoms with Gasteiger partial charge in [-0.3, -0.25) is 0 Å². The molecule has 3 rings (SSSR count). The van der Waals surface area contributed by atoms with E-state index >= 15 is 0 Å². The van der Waals surface area contributed by atoms with Crippen LogP contribution in [0.1, 0.15) is 5.56 Å². The van der Waals surface area contributed by atoms with Crippen molar-refractivity contribution in [3.63, 3.8) is 0 Å². The van der Waals surface area contributed by atoms with E-state index in [1.807, 2.05) is 25.1 Å². The number of hydrogen-bond acceptors (Lipinski definition) is 4. The van der Waals surface area contributed by atoms with E-state index in [0.717, 1.165) is 22.1 Å². The normalized spacial score (nSPS) is 11.1. The van der Waals surface area contributed by atoms with Crippen LogP contribution in [0.5, 0.6) is 0 Å². The molecule has 80 valence electrons. The molecule has 0 saturated carbocycles. The first-order chi connectivity index (χ1) is 7.74. The first-order valence-corrected chi connectivity index (χ1v) is 4.94. The molecule has 0 spiro atoms. The van der Waals surface area contributed by atoms with Gasteiger partial charge in [-0.05, 0) is 18.6 Å². The van der Waals surface area contributed by atoms with Gasteiger partial charge in [0.15, 0.2) is 11.6 Å². The third kappa shape index (κ3) is 1.27. The molecule has 2 N–H and O–H groups in total. The number of nitrogen functional groups attached to an aromatic ring is 1. The molecular weight excluding hydrogens is 204 g/mol. The van der Waals surface area contributed by atoms with Crippen LogP contribution in [-0.4, -0.2) is 5.16 Å². The molecule has 0 radical (unpaired) electrons. The van der Waals surface area contributed by atoms with Crippen molar-refractivity contribution in [1.82, 2.24) is 5.16 Å². The summed E-state index contributed by atoms with van der Waals surface area (Å²) in [5.74, 6) is 1.03. The summed E-state index contributed by atoms with van der Waals surface area (Å²) in [4.78, 5) is 0. The van der Waals surface area contributed by atoms with E-state index in [1.54, 1.807) is 12.3 Å². The van der Waals surface area contributed by atoms with Crippen molar-refractivity contribution < 1.29 is 8.94 Å². The molecule has 4 heteroatoms. The Labute approximate surface area is 91.6 Å². The number of nitrogens with two attached hydrogens (primary N) is 1. The van der Waals surface area contributed by atoms with Crippen molar-refractivity contribution in [2.45, 2.75) is 6.92 Å². The van der Waals surface area contributed by atoms with Crippen LogP contribution >= 0.6 is 0 Å². The molecule has 2 heterocycles. The Bertz CT molecular complexity index is 652. The molecule has 4 nitrogen and oxygen atoms in total. The SMILES string of the molecule is Cc1coc2cc(-c3cc(N)no3)ccc12. The lowest BCUT2D eigenvalue weighted by Crippen LogP contribution is -1.80. The Hall–Kier alpha value is -2.23. The topological polar surface area (TPSA) is 65.2 Å². The van der Waals surface area contributed by atoms with E-state index in [4.69, 9.17) is 14.7 Å². The minimum atomic E-state index is 0.380. The summed E-state index contributed by atoms with van der Waals surface area (Å²) in [5.41, 5.74) is 8.37. The summed E-state index contributed by atoms with van der Waals surface area (Å²) in [6, 6.07) is 7.58. The lowest BCUT2D eigenvalue weighted by molar-refractivity contribution is 0.436. The number of fused-ring (bicyclic) bond motifs is 1. The molecule has 2 aromatic heterocycles. The molecule has 0 saturated heterocycles. The maximum atomic E-state index is 5.50. The van der Waals surface area contributed by atoms with Gasteiger partial charge in [-0.1, -0.05) is 17.3 Å². The van der Waals surface area contributed by atoms with Crippen LogP contribution < -0.4 is 5.73 Å². The van der Waals surface area contributed by atoms with Crippen LogP contribution in [0.2, 0.25) is 0 Å². The molecule has 0 aliphatic carbocycles. The fraction of sp³-hybridized carbons (Fsp3) is 0.0833. The largest absolute Gasteiger partial charge is 0.464 e.